The first-order valence-corrected chi connectivity index (χ1v) is 8.17. The zero-order chi connectivity index (χ0) is 21.7. The monoisotopic (exact) mass is 414 g/mol. The van der Waals surface area contributed by atoms with E-state index in [0.717, 1.165) is 17.7 Å². The van der Waals surface area contributed by atoms with E-state index in [1.54, 1.807) is 0 Å². The van der Waals surface area contributed by atoms with Gasteiger partial charge in [-0.05, 0) is 0 Å². The first-order valence-electron chi connectivity index (χ1n) is 8.17. The zero-order valence-corrected chi connectivity index (χ0v) is 15.6. The number of methoxy groups -OCH3 is 2. The number of nitrogens with zero attached hydrogens (tertiary/aromatic N) is 1. The molecule has 2 rings (SSSR count). The number of aliphatic hydroxyl groups is 2. The molecule has 2 aromatic rings. The predicted molar refractivity (Wildman–Crippen MR) is 95.3 cm³/mol. The van der Waals surface area contributed by atoms with Crippen LogP contribution in [0.1, 0.15) is 31.2 Å². The molecule has 12 nitrogen and oxygen atoms in total. The van der Waals surface area contributed by atoms with Crippen molar-refractivity contribution in [3.8, 4) is 17.2 Å². The molecule has 0 bridgehead atoms. The molecule has 29 heavy (non-hydrogen) atoms. The highest BCUT2D eigenvalue weighted by Crippen LogP contribution is 2.42. The number of aliphatic hydroxyl groups excluding tert-OH is 2. The molecule has 2 heterocycles. The van der Waals surface area contributed by atoms with Crippen LogP contribution in [-0.4, -0.2) is 83.4 Å². The number of carboxylic acids is 1. The van der Waals surface area contributed by atoms with E-state index in [-0.39, 0.29) is 23.6 Å². The summed E-state index contributed by atoms with van der Waals surface area (Å²) in [7, 11) is 2.35. The predicted octanol–water partition coefficient (Wildman–Crippen LogP) is -0.609. The van der Waals surface area contributed by atoms with Crippen molar-refractivity contribution in [2.24, 2.45) is 0 Å². The number of hydrogen-bond acceptors (Lipinski definition) is 9. The zero-order valence-electron chi connectivity index (χ0n) is 15.6. The summed E-state index contributed by atoms with van der Waals surface area (Å²) in [6.07, 6.45) is 1.09. The number of rotatable bonds is 9. The molecule has 0 spiro atoms. The Balaban J connectivity index is 2.93. The van der Waals surface area contributed by atoms with Gasteiger partial charge in [0, 0.05) is 0 Å². The van der Waals surface area contributed by atoms with E-state index in [1.165, 1.54) is 7.11 Å². The summed E-state index contributed by atoms with van der Waals surface area (Å²) < 4.78 is 20.9. The minimum absolute atomic E-state index is 0.205. The van der Waals surface area contributed by atoms with Crippen molar-refractivity contribution in [1.29, 1.82) is 0 Å². The van der Waals surface area contributed by atoms with E-state index in [1.807, 2.05) is 0 Å². The highest BCUT2D eigenvalue weighted by atomic mass is 16.5. The largest absolute Gasteiger partial charge is 0.591 e. The van der Waals surface area contributed by atoms with Crippen molar-refractivity contribution in [2.75, 3.05) is 40.6 Å². The molecule has 0 saturated carbocycles. The molecule has 0 aliphatic rings. The van der Waals surface area contributed by atoms with Crippen LogP contribution < -0.4 is 9.47 Å². The standard InChI is InChI=1S/C17H19NO11/c1-26-8-7-18-11(17(25)29-6-4-20)10(16(24)28-5-3-19)13(21)12(18)14(27-2)9(8)15(22)23/h7,19-21H,3-6H2,1-2H3,(H,22,23)/p+1. The van der Waals surface area contributed by atoms with Crippen LogP contribution in [0, 0.1) is 0 Å². The topological polar surface area (TPSA) is 176 Å². The molecule has 0 fully saturated rings. The van der Waals surface area contributed by atoms with Gasteiger partial charge in [-0.3, -0.25) is 4.40 Å². The summed E-state index contributed by atoms with van der Waals surface area (Å²) in [5.74, 6) is -4.68. The minimum atomic E-state index is -1.42. The Bertz CT molecular complexity index is 947. The highest BCUT2D eigenvalue weighted by Gasteiger charge is 2.37. The molecule has 0 aromatic carbocycles. The normalized spacial score (nSPS) is 10.6. The Morgan fingerprint density at radius 3 is 2.07 bits per heavy atom. The number of carbonyl (C=O) groups is 3. The average molecular weight is 414 g/mol. The molecule has 0 atom stereocenters. The lowest BCUT2D eigenvalue weighted by molar-refractivity contribution is 0.0382. The van der Waals surface area contributed by atoms with Crippen molar-refractivity contribution in [1.82, 2.24) is 4.40 Å². The lowest BCUT2D eigenvalue weighted by Gasteiger charge is -2.12. The van der Waals surface area contributed by atoms with Gasteiger partial charge in [0.2, 0.25) is 0 Å². The van der Waals surface area contributed by atoms with E-state index in [4.69, 9.17) is 34.3 Å². The number of aromatic nitrogens is 1. The second-order valence-electron chi connectivity index (χ2n) is 5.45. The maximum atomic E-state index is 12.6. The van der Waals surface area contributed by atoms with E-state index in [9.17, 15) is 19.5 Å². The Hall–Kier alpha value is -3.51. The molecule has 158 valence electrons. The van der Waals surface area contributed by atoms with Crippen molar-refractivity contribution in [3.05, 3.63) is 23.0 Å². The molecule has 5 N–H and O–H groups in total. The molecule has 12 heteroatoms. The van der Waals surface area contributed by atoms with Crippen LogP contribution in [-0.2, 0) is 9.47 Å². The van der Waals surface area contributed by atoms with Crippen molar-refractivity contribution in [3.63, 3.8) is 0 Å². The van der Waals surface area contributed by atoms with Crippen molar-refractivity contribution < 1.29 is 53.8 Å². The fourth-order valence-corrected chi connectivity index (χ4v) is 2.73. The third-order valence-electron chi connectivity index (χ3n) is 3.82. The average Bonchev–Trinajstić information content (AvgIpc) is 3.00. The Kier molecular flexibility index (Phi) is 6.85. The number of carboxylic acid groups (broad SMARTS) is 1. The van der Waals surface area contributed by atoms with Crippen molar-refractivity contribution in [2.45, 2.75) is 0 Å². The van der Waals surface area contributed by atoms with Gasteiger partial charge in [0.05, 0.1) is 33.6 Å². The van der Waals surface area contributed by atoms with E-state index in [2.05, 4.69) is 0 Å². The van der Waals surface area contributed by atoms with Gasteiger partial charge in [-0.1, -0.05) is 0 Å². The molecular formula is C17H20NO11+. The first-order chi connectivity index (χ1) is 13.8. The summed E-state index contributed by atoms with van der Waals surface area (Å²) in [6, 6.07) is 0. The van der Waals surface area contributed by atoms with Crippen LogP contribution in [0.5, 0.6) is 17.2 Å². The molecular weight excluding hydrogens is 394 g/mol. The first kappa shape index (κ1) is 21.8. The number of carbonyl (C=O) groups excluding carboxylic acids is 2. The fraction of sp³-hybridized carbons (Fsp3) is 0.353. The molecule has 0 aliphatic carbocycles. The number of fused-ring (bicyclic) bond motifs is 1. The summed E-state index contributed by atoms with van der Waals surface area (Å²) in [6.45, 7) is -1.75. The molecule has 0 saturated heterocycles. The van der Waals surface area contributed by atoms with Crippen LogP contribution in [0.2, 0.25) is 0 Å². The summed E-state index contributed by atoms with van der Waals surface area (Å²) in [5, 5.41) is 35.6. The minimum Gasteiger partial charge on any atom is -0.591 e. The Morgan fingerprint density at radius 2 is 1.59 bits per heavy atom. The van der Waals surface area contributed by atoms with Gasteiger partial charge >= 0.3 is 17.9 Å². The van der Waals surface area contributed by atoms with Gasteiger partial charge in [0.15, 0.2) is 28.3 Å². The van der Waals surface area contributed by atoms with Crippen LogP contribution in [0.3, 0.4) is 0 Å². The second kappa shape index (κ2) is 9.12. The third-order valence-corrected chi connectivity index (χ3v) is 3.82. The molecule has 0 unspecified atom stereocenters. The molecule has 0 aliphatic heterocycles. The van der Waals surface area contributed by atoms with Crippen LogP contribution in [0.25, 0.3) is 5.52 Å². The summed E-state index contributed by atoms with van der Waals surface area (Å²) >= 11 is 0. The van der Waals surface area contributed by atoms with Gasteiger partial charge in [-0.2, -0.15) is 0 Å². The van der Waals surface area contributed by atoms with Gasteiger partial charge < -0.3 is 39.4 Å². The number of pyridine rings is 1. The van der Waals surface area contributed by atoms with E-state index >= 15 is 0 Å². The maximum absolute atomic E-state index is 12.6. The van der Waals surface area contributed by atoms with Gasteiger partial charge in [-0.15, -0.1) is 0 Å². The van der Waals surface area contributed by atoms with Gasteiger partial charge in [0.25, 0.3) is 5.75 Å². The van der Waals surface area contributed by atoms with Crippen molar-refractivity contribution >= 4 is 23.4 Å². The quantitative estimate of drug-likeness (QED) is 0.354. The maximum Gasteiger partial charge on any atom is 0.356 e. The number of hydrogen-bond donors (Lipinski definition) is 3. The number of ether oxygens (including phenoxy) is 4. The number of aromatic carboxylic acids is 1. The van der Waals surface area contributed by atoms with E-state index in [0.29, 0.717) is 0 Å². The SMILES string of the molecule is COc1cn2c(C(=O)OCCO)c(C(=O)OCCO)c([OH2+])c2c(OC)c1C(=O)O. The smallest absolute Gasteiger partial charge is 0.356 e. The summed E-state index contributed by atoms with van der Waals surface area (Å²) in [5.41, 5.74) is -1.60. The molecule has 0 amide bonds. The van der Waals surface area contributed by atoms with Crippen LogP contribution in [0.4, 0.5) is 0 Å². The Labute approximate surface area is 163 Å². The third kappa shape index (κ3) is 3.88. The summed E-state index contributed by atoms with van der Waals surface area (Å²) in [4.78, 5) is 36.7. The Morgan fingerprint density at radius 1 is 1.00 bits per heavy atom. The lowest BCUT2D eigenvalue weighted by atomic mass is 10.1. The van der Waals surface area contributed by atoms with Crippen LogP contribution in [0.15, 0.2) is 6.20 Å². The van der Waals surface area contributed by atoms with E-state index < -0.39 is 60.3 Å². The fourth-order valence-electron chi connectivity index (χ4n) is 2.73. The van der Waals surface area contributed by atoms with Crippen LogP contribution >= 0.6 is 0 Å². The van der Waals surface area contributed by atoms with Gasteiger partial charge in [0.1, 0.15) is 18.8 Å². The second-order valence-corrected chi connectivity index (χ2v) is 5.45. The lowest BCUT2D eigenvalue weighted by Crippen LogP contribution is -2.17. The van der Waals surface area contributed by atoms with Gasteiger partial charge in [-0.25, -0.2) is 14.4 Å². The number of esters is 2. The molecule has 2 aromatic heterocycles. The molecule has 0 radical (unpaired) electrons. The highest BCUT2D eigenvalue weighted by molar-refractivity contribution is 6.09.